The average molecular weight is 309 g/mol. The van der Waals surface area contributed by atoms with Gasteiger partial charge in [0, 0.05) is 10.6 Å². The first-order valence-corrected chi connectivity index (χ1v) is 6.97. The third-order valence-corrected chi connectivity index (χ3v) is 3.26. The molecule has 0 bridgehead atoms. The Morgan fingerprint density at radius 3 is 2.67 bits per heavy atom. The van der Waals surface area contributed by atoms with Gasteiger partial charge in [0.2, 0.25) is 17.6 Å². The van der Waals surface area contributed by atoms with Crippen molar-refractivity contribution in [2.75, 3.05) is 0 Å². The average Bonchev–Trinajstić information content (AvgIpc) is 2.93. The summed E-state index contributed by atoms with van der Waals surface area (Å²) in [6.07, 6.45) is 0. The molecule has 0 saturated heterocycles. The van der Waals surface area contributed by atoms with E-state index in [1.807, 2.05) is 13.8 Å². The molecule has 1 aromatic carbocycles. The Morgan fingerprint density at radius 1 is 1.38 bits per heavy atom. The number of benzene rings is 1. The normalized spacial score (nSPS) is 12.4. The molecule has 0 radical (unpaired) electrons. The van der Waals surface area contributed by atoms with Crippen LogP contribution in [-0.2, 0) is 11.3 Å². The lowest BCUT2D eigenvalue weighted by Crippen LogP contribution is -2.43. The van der Waals surface area contributed by atoms with Crippen molar-refractivity contribution in [1.29, 1.82) is 0 Å². The summed E-state index contributed by atoms with van der Waals surface area (Å²) in [5.41, 5.74) is 6.53. The molecule has 0 aliphatic heterocycles. The highest BCUT2D eigenvalue weighted by molar-refractivity contribution is 6.30. The maximum Gasteiger partial charge on any atom is 0.246 e. The summed E-state index contributed by atoms with van der Waals surface area (Å²) in [6.45, 7) is 3.92. The summed E-state index contributed by atoms with van der Waals surface area (Å²) in [5.74, 6) is 0.599. The predicted molar refractivity (Wildman–Crippen MR) is 79.4 cm³/mol. The van der Waals surface area contributed by atoms with Crippen molar-refractivity contribution in [2.24, 2.45) is 11.7 Å². The number of hydrogen-bond acceptors (Lipinski definition) is 5. The first kappa shape index (κ1) is 15.5. The molecule has 2 rings (SSSR count). The Labute approximate surface area is 127 Å². The van der Waals surface area contributed by atoms with Crippen molar-refractivity contribution in [1.82, 2.24) is 15.5 Å². The van der Waals surface area contributed by atoms with Crippen LogP contribution in [0.5, 0.6) is 0 Å². The van der Waals surface area contributed by atoms with Crippen molar-refractivity contribution >= 4 is 17.5 Å². The van der Waals surface area contributed by atoms with Gasteiger partial charge in [0.05, 0.1) is 12.6 Å². The third kappa shape index (κ3) is 4.03. The molecule has 2 aromatic rings. The number of halogens is 1. The van der Waals surface area contributed by atoms with Gasteiger partial charge in [0.15, 0.2) is 0 Å². The Kier molecular flexibility index (Phi) is 4.93. The topological polar surface area (TPSA) is 94.0 Å². The Hall–Kier alpha value is -1.92. The summed E-state index contributed by atoms with van der Waals surface area (Å²) in [4.78, 5) is 15.9. The van der Waals surface area contributed by atoms with Gasteiger partial charge in [0.25, 0.3) is 0 Å². The molecule has 21 heavy (non-hydrogen) atoms. The van der Waals surface area contributed by atoms with E-state index in [1.165, 1.54) is 0 Å². The van der Waals surface area contributed by atoms with Gasteiger partial charge in [-0.15, -0.1) is 0 Å². The number of amides is 1. The zero-order valence-corrected chi connectivity index (χ0v) is 12.6. The maximum atomic E-state index is 11.7. The van der Waals surface area contributed by atoms with Crippen LogP contribution in [0.4, 0.5) is 0 Å². The SMILES string of the molecule is CC(C)[C@H](N)C(=O)NCc1nc(-c2ccc(Cl)cc2)no1. The number of nitrogens with zero attached hydrogens (tertiary/aromatic N) is 2. The van der Waals surface area contributed by atoms with E-state index in [4.69, 9.17) is 21.9 Å². The van der Waals surface area contributed by atoms with Crippen molar-refractivity contribution in [3.63, 3.8) is 0 Å². The van der Waals surface area contributed by atoms with Gasteiger partial charge in [0.1, 0.15) is 0 Å². The van der Waals surface area contributed by atoms with E-state index in [9.17, 15) is 4.79 Å². The molecule has 6 nitrogen and oxygen atoms in total. The van der Waals surface area contributed by atoms with E-state index in [1.54, 1.807) is 24.3 Å². The van der Waals surface area contributed by atoms with Gasteiger partial charge in [-0.2, -0.15) is 4.98 Å². The highest BCUT2D eigenvalue weighted by atomic mass is 35.5. The van der Waals surface area contributed by atoms with Crippen LogP contribution in [0.1, 0.15) is 19.7 Å². The highest BCUT2D eigenvalue weighted by Gasteiger charge is 2.17. The second-order valence-electron chi connectivity index (χ2n) is 5.01. The summed E-state index contributed by atoms with van der Waals surface area (Å²) < 4.78 is 5.09. The van der Waals surface area contributed by atoms with E-state index in [0.29, 0.717) is 16.7 Å². The quantitative estimate of drug-likeness (QED) is 0.881. The van der Waals surface area contributed by atoms with Gasteiger partial charge in [-0.1, -0.05) is 30.6 Å². The predicted octanol–water partition coefficient (Wildman–Crippen LogP) is 1.99. The number of nitrogens with two attached hydrogens (primary N) is 1. The smallest absolute Gasteiger partial charge is 0.246 e. The highest BCUT2D eigenvalue weighted by Crippen LogP contribution is 2.18. The molecule has 0 aliphatic rings. The molecule has 0 spiro atoms. The fraction of sp³-hybridized carbons (Fsp3) is 0.357. The molecule has 7 heteroatoms. The number of nitrogens with one attached hydrogen (secondary N) is 1. The monoisotopic (exact) mass is 308 g/mol. The first-order valence-electron chi connectivity index (χ1n) is 6.59. The molecular weight excluding hydrogens is 292 g/mol. The molecule has 0 saturated carbocycles. The maximum absolute atomic E-state index is 11.7. The van der Waals surface area contributed by atoms with Crippen LogP contribution in [0.15, 0.2) is 28.8 Å². The molecule has 112 valence electrons. The van der Waals surface area contributed by atoms with Crippen molar-refractivity contribution in [3.05, 3.63) is 35.2 Å². The van der Waals surface area contributed by atoms with E-state index in [0.717, 1.165) is 5.56 Å². The molecule has 3 N–H and O–H groups in total. The number of aromatic nitrogens is 2. The molecule has 1 atom stereocenters. The minimum absolute atomic E-state index is 0.0670. The zero-order valence-electron chi connectivity index (χ0n) is 11.8. The van der Waals surface area contributed by atoms with Crippen LogP contribution in [0, 0.1) is 5.92 Å². The summed E-state index contributed by atoms with van der Waals surface area (Å²) >= 11 is 5.82. The Balaban J connectivity index is 1.97. The lowest BCUT2D eigenvalue weighted by Gasteiger charge is -2.14. The summed E-state index contributed by atoms with van der Waals surface area (Å²) in [7, 11) is 0. The standard InChI is InChI=1S/C14H17ClN4O2/c1-8(2)12(16)14(20)17-7-11-18-13(19-21-11)9-3-5-10(15)6-4-9/h3-6,8,12H,7,16H2,1-2H3,(H,17,20)/t12-/m0/s1. The van der Waals surface area contributed by atoms with Gasteiger partial charge in [-0.05, 0) is 30.2 Å². The van der Waals surface area contributed by atoms with Crippen molar-refractivity contribution < 1.29 is 9.32 Å². The number of carbonyl (C=O) groups excluding carboxylic acids is 1. The van der Waals surface area contributed by atoms with Gasteiger partial charge in [-0.3, -0.25) is 4.79 Å². The third-order valence-electron chi connectivity index (χ3n) is 3.01. The van der Waals surface area contributed by atoms with E-state index >= 15 is 0 Å². The van der Waals surface area contributed by atoms with Crippen LogP contribution >= 0.6 is 11.6 Å². The summed E-state index contributed by atoms with van der Waals surface area (Å²) in [6, 6.07) is 6.53. The fourth-order valence-electron chi connectivity index (χ4n) is 1.63. The number of carbonyl (C=O) groups is 1. The van der Waals surface area contributed by atoms with E-state index in [-0.39, 0.29) is 18.4 Å². The molecule has 1 aromatic heterocycles. The van der Waals surface area contributed by atoms with Gasteiger partial charge < -0.3 is 15.6 Å². The van der Waals surface area contributed by atoms with Gasteiger partial charge >= 0.3 is 0 Å². The van der Waals surface area contributed by atoms with Crippen molar-refractivity contribution in [3.8, 4) is 11.4 Å². The molecule has 0 aliphatic carbocycles. The Bertz CT molecular complexity index is 610. The number of rotatable bonds is 5. The van der Waals surface area contributed by atoms with E-state index in [2.05, 4.69) is 15.5 Å². The molecule has 1 amide bonds. The molecular formula is C14H17ClN4O2. The molecule has 0 fully saturated rings. The zero-order chi connectivity index (χ0) is 15.4. The second kappa shape index (κ2) is 6.69. The summed E-state index contributed by atoms with van der Waals surface area (Å²) in [5, 5.41) is 7.17. The fourth-order valence-corrected chi connectivity index (χ4v) is 1.75. The van der Waals surface area contributed by atoms with Crippen LogP contribution < -0.4 is 11.1 Å². The van der Waals surface area contributed by atoms with Gasteiger partial charge in [-0.25, -0.2) is 0 Å². The lowest BCUT2D eigenvalue weighted by molar-refractivity contribution is -0.123. The molecule has 0 unspecified atom stereocenters. The van der Waals surface area contributed by atoms with Crippen LogP contribution in [0.2, 0.25) is 5.02 Å². The number of hydrogen-bond donors (Lipinski definition) is 2. The second-order valence-corrected chi connectivity index (χ2v) is 5.44. The largest absolute Gasteiger partial charge is 0.346 e. The Morgan fingerprint density at radius 2 is 2.05 bits per heavy atom. The van der Waals surface area contributed by atoms with E-state index < -0.39 is 6.04 Å². The van der Waals surface area contributed by atoms with Crippen LogP contribution in [0.25, 0.3) is 11.4 Å². The minimum Gasteiger partial charge on any atom is -0.346 e. The lowest BCUT2D eigenvalue weighted by atomic mass is 10.1. The minimum atomic E-state index is -0.552. The van der Waals surface area contributed by atoms with Crippen molar-refractivity contribution in [2.45, 2.75) is 26.4 Å². The first-order chi connectivity index (χ1) is 9.97. The van der Waals surface area contributed by atoms with Crippen LogP contribution in [0.3, 0.4) is 0 Å². The molecule has 1 heterocycles. The van der Waals surface area contributed by atoms with Crippen LogP contribution in [-0.4, -0.2) is 22.1 Å².